The lowest BCUT2D eigenvalue weighted by molar-refractivity contribution is 0.374. The van der Waals surface area contributed by atoms with E-state index in [1.54, 1.807) is 11.4 Å². The van der Waals surface area contributed by atoms with E-state index < -0.39 is 10.2 Å². The Morgan fingerprint density at radius 3 is 2.65 bits per heavy atom. The average Bonchev–Trinajstić information content (AvgIpc) is 2.82. The predicted molar refractivity (Wildman–Crippen MR) is 67.6 cm³/mol. The SMILES string of the molecule is CCCN(C)S(=O)(=O)N1CC2CCC(N)C2C1. The molecule has 3 unspecified atom stereocenters. The second-order valence-electron chi connectivity index (χ2n) is 5.31. The Bertz CT molecular complexity index is 371. The van der Waals surface area contributed by atoms with E-state index >= 15 is 0 Å². The van der Waals surface area contributed by atoms with Gasteiger partial charge < -0.3 is 5.73 Å². The van der Waals surface area contributed by atoms with Crippen molar-refractivity contribution in [3.8, 4) is 0 Å². The molecule has 100 valence electrons. The topological polar surface area (TPSA) is 66.6 Å². The molecule has 2 rings (SSSR count). The Morgan fingerprint density at radius 2 is 2.06 bits per heavy atom. The summed E-state index contributed by atoms with van der Waals surface area (Å²) in [5.41, 5.74) is 6.03. The third-order valence-corrected chi connectivity index (χ3v) is 6.06. The van der Waals surface area contributed by atoms with Crippen molar-refractivity contribution in [3.63, 3.8) is 0 Å². The minimum Gasteiger partial charge on any atom is -0.327 e. The Balaban J connectivity index is 2.05. The van der Waals surface area contributed by atoms with Gasteiger partial charge in [0.2, 0.25) is 0 Å². The molecule has 0 aromatic rings. The largest absolute Gasteiger partial charge is 0.327 e. The normalized spacial score (nSPS) is 34.5. The quantitative estimate of drug-likeness (QED) is 0.788. The highest BCUT2D eigenvalue weighted by atomic mass is 32.2. The minimum atomic E-state index is -3.26. The van der Waals surface area contributed by atoms with Gasteiger partial charge in [-0.25, -0.2) is 0 Å². The van der Waals surface area contributed by atoms with Crippen LogP contribution in [0.5, 0.6) is 0 Å². The zero-order valence-electron chi connectivity index (χ0n) is 10.7. The van der Waals surface area contributed by atoms with Gasteiger partial charge in [0.25, 0.3) is 10.2 Å². The van der Waals surface area contributed by atoms with Crippen LogP contribution in [0.3, 0.4) is 0 Å². The van der Waals surface area contributed by atoms with Crippen LogP contribution in [-0.2, 0) is 10.2 Å². The maximum atomic E-state index is 12.3. The van der Waals surface area contributed by atoms with Crippen LogP contribution in [0.25, 0.3) is 0 Å². The van der Waals surface area contributed by atoms with Crippen molar-refractivity contribution in [2.24, 2.45) is 17.6 Å². The molecule has 2 N–H and O–H groups in total. The molecule has 2 fully saturated rings. The zero-order chi connectivity index (χ0) is 12.6. The highest BCUT2D eigenvalue weighted by molar-refractivity contribution is 7.86. The van der Waals surface area contributed by atoms with Crippen LogP contribution in [0, 0.1) is 11.8 Å². The van der Waals surface area contributed by atoms with Crippen LogP contribution in [0.1, 0.15) is 26.2 Å². The lowest BCUT2D eigenvalue weighted by Gasteiger charge is -2.24. The van der Waals surface area contributed by atoms with Gasteiger partial charge in [0.15, 0.2) is 0 Å². The minimum absolute atomic E-state index is 0.191. The van der Waals surface area contributed by atoms with Crippen molar-refractivity contribution in [2.45, 2.75) is 32.2 Å². The number of nitrogens with two attached hydrogens (primary N) is 1. The molecular formula is C11H23N3O2S. The fourth-order valence-corrected chi connectivity index (χ4v) is 4.63. The number of fused-ring (bicyclic) bond motifs is 1. The molecule has 1 heterocycles. The van der Waals surface area contributed by atoms with Gasteiger partial charge in [-0.05, 0) is 31.1 Å². The van der Waals surface area contributed by atoms with Crippen molar-refractivity contribution < 1.29 is 8.42 Å². The Labute approximate surface area is 104 Å². The summed E-state index contributed by atoms with van der Waals surface area (Å²) >= 11 is 0. The molecule has 0 aromatic carbocycles. The Hall–Kier alpha value is -0.170. The van der Waals surface area contributed by atoms with Gasteiger partial charge >= 0.3 is 0 Å². The summed E-state index contributed by atoms with van der Waals surface area (Å²) in [5.74, 6) is 0.856. The zero-order valence-corrected chi connectivity index (χ0v) is 11.5. The van der Waals surface area contributed by atoms with Gasteiger partial charge in [-0.15, -0.1) is 0 Å². The van der Waals surface area contributed by atoms with E-state index in [4.69, 9.17) is 5.73 Å². The summed E-state index contributed by atoms with van der Waals surface area (Å²) in [6.45, 7) is 3.85. The number of rotatable bonds is 4. The van der Waals surface area contributed by atoms with Crippen LogP contribution in [-0.4, -0.2) is 49.8 Å². The summed E-state index contributed by atoms with van der Waals surface area (Å²) < 4.78 is 27.6. The molecular weight excluding hydrogens is 238 g/mol. The number of nitrogens with zero attached hydrogens (tertiary/aromatic N) is 2. The van der Waals surface area contributed by atoms with Crippen molar-refractivity contribution in [3.05, 3.63) is 0 Å². The molecule has 0 spiro atoms. The van der Waals surface area contributed by atoms with E-state index in [1.165, 1.54) is 4.31 Å². The molecule has 1 aliphatic heterocycles. The van der Waals surface area contributed by atoms with Crippen LogP contribution >= 0.6 is 0 Å². The molecule has 1 aliphatic carbocycles. The monoisotopic (exact) mass is 261 g/mol. The van der Waals surface area contributed by atoms with E-state index in [1.807, 2.05) is 6.92 Å². The summed E-state index contributed by atoms with van der Waals surface area (Å²) in [6, 6.07) is 0.191. The van der Waals surface area contributed by atoms with Crippen molar-refractivity contribution in [2.75, 3.05) is 26.7 Å². The van der Waals surface area contributed by atoms with Crippen LogP contribution in [0.15, 0.2) is 0 Å². The Kier molecular flexibility index (Phi) is 3.77. The third kappa shape index (κ3) is 2.36. The molecule has 2 aliphatic rings. The third-order valence-electron chi connectivity index (χ3n) is 4.14. The maximum absolute atomic E-state index is 12.3. The highest BCUT2D eigenvalue weighted by Crippen LogP contribution is 2.38. The lowest BCUT2D eigenvalue weighted by Crippen LogP contribution is -2.42. The lowest BCUT2D eigenvalue weighted by atomic mass is 9.98. The van der Waals surface area contributed by atoms with Gasteiger partial charge in [-0.3, -0.25) is 0 Å². The summed E-state index contributed by atoms with van der Waals surface area (Å²) in [4.78, 5) is 0. The Morgan fingerprint density at radius 1 is 1.35 bits per heavy atom. The number of hydrogen-bond acceptors (Lipinski definition) is 3. The van der Waals surface area contributed by atoms with Gasteiger partial charge in [0, 0.05) is 32.7 Å². The molecule has 17 heavy (non-hydrogen) atoms. The molecule has 3 atom stereocenters. The molecule has 0 aromatic heterocycles. The predicted octanol–water partition coefficient (Wildman–Crippen LogP) is 0.242. The first-order valence-electron chi connectivity index (χ1n) is 6.43. The molecule has 0 bridgehead atoms. The molecule has 1 saturated heterocycles. The van der Waals surface area contributed by atoms with Crippen molar-refractivity contribution in [1.29, 1.82) is 0 Å². The second kappa shape index (κ2) is 4.84. The van der Waals surface area contributed by atoms with Crippen LogP contribution < -0.4 is 5.73 Å². The number of hydrogen-bond donors (Lipinski definition) is 1. The molecule has 5 nitrogen and oxygen atoms in total. The van der Waals surface area contributed by atoms with Crippen molar-refractivity contribution >= 4 is 10.2 Å². The highest BCUT2D eigenvalue weighted by Gasteiger charge is 2.45. The maximum Gasteiger partial charge on any atom is 0.281 e. The summed E-state index contributed by atoms with van der Waals surface area (Å²) in [6.07, 6.45) is 2.97. The molecule has 0 radical (unpaired) electrons. The second-order valence-corrected chi connectivity index (χ2v) is 7.35. The first-order valence-corrected chi connectivity index (χ1v) is 7.83. The smallest absolute Gasteiger partial charge is 0.281 e. The van der Waals surface area contributed by atoms with Crippen LogP contribution in [0.4, 0.5) is 0 Å². The van der Waals surface area contributed by atoms with Crippen LogP contribution in [0.2, 0.25) is 0 Å². The fourth-order valence-electron chi connectivity index (χ4n) is 3.08. The first kappa shape index (κ1) is 13.3. The van der Waals surface area contributed by atoms with E-state index in [-0.39, 0.29) is 6.04 Å². The van der Waals surface area contributed by atoms with Gasteiger partial charge in [-0.2, -0.15) is 17.0 Å². The molecule has 1 saturated carbocycles. The fraction of sp³-hybridized carbons (Fsp3) is 1.00. The van der Waals surface area contributed by atoms with Gasteiger partial charge in [0.1, 0.15) is 0 Å². The first-order chi connectivity index (χ1) is 7.96. The molecule has 0 amide bonds. The summed E-state index contributed by atoms with van der Waals surface area (Å²) in [5, 5.41) is 0. The van der Waals surface area contributed by atoms with Crippen molar-refractivity contribution in [1.82, 2.24) is 8.61 Å². The van der Waals surface area contributed by atoms with Gasteiger partial charge in [0.05, 0.1) is 0 Å². The van der Waals surface area contributed by atoms with E-state index in [9.17, 15) is 8.42 Å². The standard InChI is InChI=1S/C11H23N3O2S/c1-3-6-13(2)17(15,16)14-7-9-4-5-11(12)10(9)8-14/h9-11H,3-8,12H2,1-2H3. The van der Waals surface area contributed by atoms with E-state index in [0.717, 1.165) is 19.3 Å². The molecule has 6 heteroatoms. The van der Waals surface area contributed by atoms with E-state index in [0.29, 0.717) is 31.5 Å². The summed E-state index contributed by atoms with van der Waals surface area (Å²) in [7, 11) is -1.60. The van der Waals surface area contributed by atoms with Gasteiger partial charge in [-0.1, -0.05) is 6.92 Å². The average molecular weight is 261 g/mol. The van der Waals surface area contributed by atoms with E-state index in [2.05, 4.69) is 0 Å².